The molecule has 0 bridgehead atoms. The molecule has 0 saturated heterocycles. The smallest absolute Gasteiger partial charge is 0.351 e. The average molecular weight is 388 g/mol. The molecule has 1 unspecified atom stereocenters. The van der Waals surface area contributed by atoms with E-state index in [2.05, 4.69) is 15.4 Å². The third-order valence-corrected chi connectivity index (χ3v) is 4.48. The number of pyridine rings is 1. The quantitative estimate of drug-likeness (QED) is 0.715. The maximum absolute atomic E-state index is 12.7. The lowest BCUT2D eigenvalue weighted by Gasteiger charge is -2.13. The molecule has 28 heavy (non-hydrogen) atoms. The molecule has 1 N–H and O–H groups in total. The van der Waals surface area contributed by atoms with Gasteiger partial charge >= 0.3 is 6.18 Å². The van der Waals surface area contributed by atoms with Crippen LogP contribution in [0, 0.1) is 6.92 Å². The maximum Gasteiger partial charge on any atom is 0.417 e. The van der Waals surface area contributed by atoms with Gasteiger partial charge < -0.3 is 5.32 Å². The molecule has 2 heterocycles. The fraction of sp³-hybridized carbons (Fsp3) is 0.250. The summed E-state index contributed by atoms with van der Waals surface area (Å²) in [4.78, 5) is 16.3. The van der Waals surface area contributed by atoms with E-state index in [9.17, 15) is 18.0 Å². The number of amides is 1. The van der Waals surface area contributed by atoms with Gasteiger partial charge in [-0.1, -0.05) is 37.3 Å². The van der Waals surface area contributed by atoms with Crippen LogP contribution >= 0.6 is 0 Å². The van der Waals surface area contributed by atoms with Crippen LogP contribution in [0.2, 0.25) is 0 Å². The number of nitrogens with one attached hydrogen (secondary N) is 1. The Kier molecular flexibility index (Phi) is 5.48. The summed E-state index contributed by atoms with van der Waals surface area (Å²) in [7, 11) is 0. The van der Waals surface area contributed by atoms with Gasteiger partial charge in [0.05, 0.1) is 23.0 Å². The van der Waals surface area contributed by atoms with Gasteiger partial charge in [0.1, 0.15) is 0 Å². The molecule has 0 spiro atoms. The molecule has 5 nitrogen and oxygen atoms in total. The molecule has 8 heteroatoms. The number of alkyl halides is 3. The highest BCUT2D eigenvalue weighted by Crippen LogP contribution is 2.28. The fourth-order valence-electron chi connectivity index (χ4n) is 2.78. The number of hydrogen-bond acceptors (Lipinski definition) is 3. The van der Waals surface area contributed by atoms with Crippen LogP contribution < -0.4 is 5.32 Å². The summed E-state index contributed by atoms with van der Waals surface area (Å²) in [5, 5.41) is 6.97. The topological polar surface area (TPSA) is 59.8 Å². The number of aromatic nitrogens is 3. The van der Waals surface area contributed by atoms with Crippen molar-refractivity contribution < 1.29 is 18.0 Å². The Morgan fingerprint density at radius 1 is 1.14 bits per heavy atom. The van der Waals surface area contributed by atoms with Crippen LogP contribution in [0.4, 0.5) is 13.2 Å². The second-order valence-corrected chi connectivity index (χ2v) is 6.48. The number of hydrogen-bond donors (Lipinski definition) is 1. The standard InChI is InChI=1S/C20H19F3N4O/c1-13(15-6-4-3-5-7-15)10-25-19(28)17-12-26-27(14(17)2)18-9-8-16(11-24-18)20(21,22)23/h3-9,11-13H,10H2,1-2H3,(H,25,28). The van der Waals surface area contributed by atoms with Crippen LogP contribution in [-0.2, 0) is 6.18 Å². The van der Waals surface area contributed by atoms with Crippen LogP contribution in [0.1, 0.15) is 40.0 Å². The van der Waals surface area contributed by atoms with Crippen molar-refractivity contribution in [2.75, 3.05) is 6.54 Å². The minimum Gasteiger partial charge on any atom is -0.351 e. The fourth-order valence-corrected chi connectivity index (χ4v) is 2.78. The van der Waals surface area contributed by atoms with Crippen LogP contribution in [-0.4, -0.2) is 27.2 Å². The molecule has 0 aliphatic carbocycles. The molecule has 1 atom stereocenters. The number of carbonyl (C=O) groups excluding carboxylic acids is 1. The van der Waals surface area contributed by atoms with E-state index >= 15 is 0 Å². The normalized spacial score (nSPS) is 12.6. The lowest BCUT2D eigenvalue weighted by Crippen LogP contribution is -2.27. The lowest BCUT2D eigenvalue weighted by atomic mass is 10.0. The van der Waals surface area contributed by atoms with Crippen molar-refractivity contribution in [3.05, 3.63) is 77.2 Å². The van der Waals surface area contributed by atoms with Crippen LogP contribution in [0.5, 0.6) is 0 Å². The molecule has 1 aromatic carbocycles. The second kappa shape index (κ2) is 7.84. The first kappa shape index (κ1) is 19.6. The van der Waals surface area contributed by atoms with E-state index in [1.54, 1.807) is 6.92 Å². The highest BCUT2D eigenvalue weighted by Gasteiger charge is 2.30. The van der Waals surface area contributed by atoms with E-state index in [0.29, 0.717) is 17.8 Å². The molecule has 0 aliphatic heterocycles. The summed E-state index contributed by atoms with van der Waals surface area (Å²) >= 11 is 0. The first-order chi connectivity index (χ1) is 13.3. The molecule has 0 radical (unpaired) electrons. The summed E-state index contributed by atoms with van der Waals surface area (Å²) in [6.45, 7) is 4.13. The summed E-state index contributed by atoms with van der Waals surface area (Å²) < 4.78 is 39.3. The number of halogens is 3. The van der Waals surface area contributed by atoms with Gasteiger partial charge in [0, 0.05) is 12.7 Å². The summed E-state index contributed by atoms with van der Waals surface area (Å²) in [5.41, 5.74) is 1.12. The Morgan fingerprint density at radius 2 is 1.86 bits per heavy atom. The van der Waals surface area contributed by atoms with Gasteiger partial charge in [-0.15, -0.1) is 0 Å². The van der Waals surface area contributed by atoms with Crippen LogP contribution in [0.25, 0.3) is 5.82 Å². The predicted octanol–water partition coefficient (Wildman–Crippen LogP) is 4.13. The molecule has 146 valence electrons. The minimum absolute atomic E-state index is 0.136. The Bertz CT molecular complexity index is 950. The van der Waals surface area contributed by atoms with Crippen molar-refractivity contribution >= 4 is 5.91 Å². The zero-order valence-electron chi connectivity index (χ0n) is 15.4. The Balaban J connectivity index is 1.71. The van der Waals surface area contributed by atoms with E-state index < -0.39 is 11.7 Å². The van der Waals surface area contributed by atoms with E-state index in [4.69, 9.17) is 0 Å². The SMILES string of the molecule is Cc1c(C(=O)NCC(C)c2ccccc2)cnn1-c1ccc(C(F)(F)F)cn1. The van der Waals surface area contributed by atoms with E-state index in [1.165, 1.54) is 16.9 Å². The van der Waals surface area contributed by atoms with Crippen molar-refractivity contribution in [1.29, 1.82) is 0 Å². The maximum atomic E-state index is 12.7. The molecule has 3 rings (SSSR count). The minimum atomic E-state index is -4.45. The molecular weight excluding hydrogens is 369 g/mol. The molecule has 1 amide bonds. The highest BCUT2D eigenvalue weighted by molar-refractivity contribution is 5.95. The van der Waals surface area contributed by atoms with Gasteiger partial charge in [0.25, 0.3) is 5.91 Å². The number of carbonyl (C=O) groups is 1. The molecule has 0 fully saturated rings. The Hall–Kier alpha value is -3.16. The summed E-state index contributed by atoms with van der Waals surface area (Å²) in [6, 6.07) is 12.0. The van der Waals surface area contributed by atoms with Gasteiger partial charge in [-0.05, 0) is 30.5 Å². The Labute approximate surface area is 160 Å². The molecule has 0 saturated carbocycles. The van der Waals surface area contributed by atoms with Gasteiger partial charge in [0.2, 0.25) is 0 Å². The average Bonchev–Trinajstić information content (AvgIpc) is 3.07. The van der Waals surface area contributed by atoms with E-state index in [-0.39, 0.29) is 17.6 Å². The lowest BCUT2D eigenvalue weighted by molar-refractivity contribution is -0.137. The molecular formula is C20H19F3N4O. The van der Waals surface area contributed by atoms with Crippen molar-refractivity contribution in [1.82, 2.24) is 20.1 Å². The number of nitrogens with zero attached hydrogens (tertiary/aromatic N) is 3. The zero-order chi connectivity index (χ0) is 20.3. The third kappa shape index (κ3) is 4.21. The molecule has 2 aromatic heterocycles. The molecule has 3 aromatic rings. The first-order valence-electron chi connectivity index (χ1n) is 8.68. The predicted molar refractivity (Wildman–Crippen MR) is 98.3 cm³/mol. The van der Waals surface area contributed by atoms with Crippen LogP contribution in [0.3, 0.4) is 0 Å². The van der Waals surface area contributed by atoms with Gasteiger partial charge in [0.15, 0.2) is 5.82 Å². The number of benzene rings is 1. The Morgan fingerprint density at radius 3 is 2.46 bits per heavy atom. The van der Waals surface area contributed by atoms with Gasteiger partial charge in [-0.2, -0.15) is 18.3 Å². The summed E-state index contributed by atoms with van der Waals surface area (Å²) in [5.74, 6) is 0.0535. The van der Waals surface area contributed by atoms with Crippen molar-refractivity contribution in [2.24, 2.45) is 0 Å². The highest BCUT2D eigenvalue weighted by atomic mass is 19.4. The largest absolute Gasteiger partial charge is 0.417 e. The monoisotopic (exact) mass is 388 g/mol. The van der Waals surface area contributed by atoms with Crippen molar-refractivity contribution in [3.8, 4) is 5.82 Å². The second-order valence-electron chi connectivity index (χ2n) is 6.48. The van der Waals surface area contributed by atoms with Crippen molar-refractivity contribution in [2.45, 2.75) is 25.9 Å². The van der Waals surface area contributed by atoms with Crippen LogP contribution in [0.15, 0.2) is 54.9 Å². The number of rotatable bonds is 5. The molecule has 0 aliphatic rings. The summed E-state index contributed by atoms with van der Waals surface area (Å²) in [6.07, 6.45) is -2.32. The van der Waals surface area contributed by atoms with E-state index in [0.717, 1.165) is 17.8 Å². The van der Waals surface area contributed by atoms with Gasteiger partial charge in [-0.25, -0.2) is 9.67 Å². The third-order valence-electron chi connectivity index (χ3n) is 4.48. The first-order valence-corrected chi connectivity index (χ1v) is 8.68. The van der Waals surface area contributed by atoms with E-state index in [1.807, 2.05) is 37.3 Å². The van der Waals surface area contributed by atoms with Gasteiger partial charge in [-0.3, -0.25) is 4.79 Å². The van der Waals surface area contributed by atoms with Crippen molar-refractivity contribution in [3.63, 3.8) is 0 Å². The zero-order valence-corrected chi connectivity index (χ0v) is 15.4.